The third kappa shape index (κ3) is 5.26. The Labute approximate surface area is 129 Å². The smallest absolute Gasteiger partial charge is 0.389 e. The highest BCUT2D eigenvalue weighted by atomic mass is 19.4. The van der Waals surface area contributed by atoms with Gasteiger partial charge in [0.1, 0.15) is 0 Å². The number of halogens is 3. The second-order valence-electron chi connectivity index (χ2n) is 6.02. The molecule has 2 atom stereocenters. The van der Waals surface area contributed by atoms with Gasteiger partial charge in [0.05, 0.1) is 23.8 Å². The van der Waals surface area contributed by atoms with E-state index in [4.69, 9.17) is 4.74 Å². The van der Waals surface area contributed by atoms with E-state index in [0.29, 0.717) is 5.56 Å². The van der Waals surface area contributed by atoms with E-state index in [1.807, 2.05) is 13.8 Å². The lowest BCUT2D eigenvalue weighted by Crippen LogP contribution is -2.44. The molecule has 22 heavy (non-hydrogen) atoms. The monoisotopic (exact) mass is 319 g/mol. The molecule has 2 unspecified atom stereocenters. The van der Waals surface area contributed by atoms with E-state index in [0.717, 1.165) is 12.1 Å². The van der Waals surface area contributed by atoms with E-state index < -0.39 is 23.4 Å². The topological polar surface area (TPSA) is 41.5 Å². The Hall–Kier alpha value is -1.11. The Bertz CT molecular complexity index is 473. The molecular formula is C16H24F3NO2. The van der Waals surface area contributed by atoms with Crippen LogP contribution in [0.3, 0.4) is 0 Å². The average molecular weight is 319 g/mol. The summed E-state index contributed by atoms with van der Waals surface area (Å²) in [6.07, 6.45) is -4.38. The molecule has 0 fully saturated rings. The summed E-state index contributed by atoms with van der Waals surface area (Å²) in [5, 5.41) is 13.4. The van der Waals surface area contributed by atoms with Gasteiger partial charge in [-0.25, -0.2) is 0 Å². The molecule has 1 aromatic carbocycles. The molecule has 0 bridgehead atoms. The maximum Gasteiger partial charge on any atom is 0.416 e. The molecule has 1 rings (SSSR count). The Kier molecular flexibility index (Phi) is 6.40. The zero-order valence-corrected chi connectivity index (χ0v) is 13.4. The van der Waals surface area contributed by atoms with Gasteiger partial charge in [0.15, 0.2) is 0 Å². The number of alkyl halides is 3. The fourth-order valence-electron chi connectivity index (χ4n) is 1.91. The molecule has 0 saturated heterocycles. The van der Waals surface area contributed by atoms with E-state index in [-0.39, 0.29) is 19.1 Å². The van der Waals surface area contributed by atoms with Crippen LogP contribution in [0.5, 0.6) is 0 Å². The molecule has 0 radical (unpaired) electrons. The number of benzene rings is 1. The summed E-state index contributed by atoms with van der Waals surface area (Å²) in [5.74, 6) is 0.0182. The van der Waals surface area contributed by atoms with Crippen LogP contribution in [0.1, 0.15) is 37.9 Å². The number of nitrogens with one attached hydrogen (secondary N) is 1. The van der Waals surface area contributed by atoms with Crippen molar-refractivity contribution in [3.63, 3.8) is 0 Å². The Balaban J connectivity index is 2.92. The van der Waals surface area contributed by atoms with Gasteiger partial charge < -0.3 is 15.2 Å². The summed E-state index contributed by atoms with van der Waals surface area (Å²) < 4.78 is 43.5. The summed E-state index contributed by atoms with van der Waals surface area (Å²) in [6, 6.07) is 4.73. The molecule has 0 aliphatic rings. The second kappa shape index (κ2) is 7.44. The first-order valence-corrected chi connectivity index (χ1v) is 7.19. The lowest BCUT2D eigenvalue weighted by atomic mass is 9.92. The van der Waals surface area contributed by atoms with Crippen LogP contribution < -0.4 is 5.32 Å². The van der Waals surface area contributed by atoms with E-state index in [9.17, 15) is 18.3 Å². The average Bonchev–Trinajstić information content (AvgIpc) is 2.42. The number of aliphatic hydroxyl groups is 1. The minimum absolute atomic E-state index is 0.0182. The first-order chi connectivity index (χ1) is 10.1. The predicted octanol–water partition coefficient (Wildman–Crippen LogP) is 3.39. The van der Waals surface area contributed by atoms with Crippen LogP contribution in [-0.4, -0.2) is 31.0 Å². The standard InChI is InChI=1S/C16H24F3NO2/c1-11(2)15(3,21)10-20-14(9-22-4)12-6-5-7-13(8-12)16(17,18)19/h5-8,11,14,20-21H,9-10H2,1-4H3. The molecule has 0 amide bonds. The predicted molar refractivity (Wildman–Crippen MR) is 79.5 cm³/mol. The number of hydrogen-bond acceptors (Lipinski definition) is 3. The Morgan fingerprint density at radius 2 is 1.91 bits per heavy atom. The minimum atomic E-state index is -4.38. The van der Waals surface area contributed by atoms with Crippen molar-refractivity contribution < 1.29 is 23.0 Å². The molecule has 0 spiro atoms. The molecule has 126 valence electrons. The van der Waals surface area contributed by atoms with Crippen molar-refractivity contribution in [3.8, 4) is 0 Å². The third-order valence-electron chi connectivity index (χ3n) is 3.90. The molecule has 0 aromatic heterocycles. The zero-order valence-electron chi connectivity index (χ0n) is 13.4. The van der Waals surface area contributed by atoms with E-state index >= 15 is 0 Å². The highest BCUT2D eigenvalue weighted by molar-refractivity contribution is 5.28. The number of methoxy groups -OCH3 is 1. The van der Waals surface area contributed by atoms with Gasteiger partial charge in [-0.15, -0.1) is 0 Å². The molecule has 0 aliphatic heterocycles. The van der Waals surface area contributed by atoms with Gasteiger partial charge in [-0.05, 0) is 30.5 Å². The van der Waals surface area contributed by atoms with E-state index in [1.54, 1.807) is 13.0 Å². The normalized spacial score (nSPS) is 16.6. The summed E-state index contributed by atoms with van der Waals surface area (Å²) in [6.45, 7) is 5.94. The quantitative estimate of drug-likeness (QED) is 0.809. The lowest BCUT2D eigenvalue weighted by Gasteiger charge is -2.30. The van der Waals surface area contributed by atoms with Gasteiger partial charge in [-0.2, -0.15) is 13.2 Å². The van der Waals surface area contributed by atoms with Crippen LogP contribution in [0, 0.1) is 5.92 Å². The van der Waals surface area contributed by atoms with Gasteiger partial charge in [-0.1, -0.05) is 26.0 Å². The van der Waals surface area contributed by atoms with Crippen LogP contribution in [0.4, 0.5) is 13.2 Å². The van der Waals surface area contributed by atoms with Crippen LogP contribution >= 0.6 is 0 Å². The van der Waals surface area contributed by atoms with Gasteiger partial charge >= 0.3 is 6.18 Å². The van der Waals surface area contributed by atoms with Gasteiger partial charge in [0.25, 0.3) is 0 Å². The number of hydrogen-bond donors (Lipinski definition) is 2. The van der Waals surface area contributed by atoms with Crippen LogP contribution in [0.25, 0.3) is 0 Å². The largest absolute Gasteiger partial charge is 0.416 e. The molecule has 0 aliphatic carbocycles. The molecular weight excluding hydrogens is 295 g/mol. The summed E-state index contributed by atoms with van der Waals surface area (Å²) in [4.78, 5) is 0. The van der Waals surface area contributed by atoms with Crippen molar-refractivity contribution in [3.05, 3.63) is 35.4 Å². The molecule has 0 heterocycles. The van der Waals surface area contributed by atoms with Crippen LogP contribution in [0.2, 0.25) is 0 Å². The SMILES string of the molecule is COCC(NCC(C)(O)C(C)C)c1cccc(C(F)(F)F)c1. The van der Waals surface area contributed by atoms with Crippen LogP contribution in [-0.2, 0) is 10.9 Å². The molecule has 3 nitrogen and oxygen atoms in total. The maximum atomic E-state index is 12.8. The van der Waals surface area contributed by atoms with Crippen molar-refractivity contribution in [1.29, 1.82) is 0 Å². The zero-order chi connectivity index (χ0) is 17.0. The van der Waals surface area contributed by atoms with Crippen molar-refractivity contribution in [2.45, 2.75) is 38.6 Å². The minimum Gasteiger partial charge on any atom is -0.389 e. The van der Waals surface area contributed by atoms with E-state index in [2.05, 4.69) is 5.32 Å². The highest BCUT2D eigenvalue weighted by Gasteiger charge is 2.31. The first kappa shape index (κ1) is 18.9. The lowest BCUT2D eigenvalue weighted by molar-refractivity contribution is -0.137. The van der Waals surface area contributed by atoms with Crippen molar-refractivity contribution in [2.75, 3.05) is 20.3 Å². The number of rotatable bonds is 7. The van der Waals surface area contributed by atoms with Crippen molar-refractivity contribution in [2.24, 2.45) is 5.92 Å². The Morgan fingerprint density at radius 1 is 1.27 bits per heavy atom. The summed E-state index contributed by atoms with van der Waals surface area (Å²) in [5.41, 5.74) is -1.16. The van der Waals surface area contributed by atoms with Gasteiger partial charge in [0, 0.05) is 13.7 Å². The number of ether oxygens (including phenoxy) is 1. The van der Waals surface area contributed by atoms with Crippen molar-refractivity contribution >= 4 is 0 Å². The van der Waals surface area contributed by atoms with Crippen LogP contribution in [0.15, 0.2) is 24.3 Å². The van der Waals surface area contributed by atoms with Gasteiger partial charge in [0.2, 0.25) is 0 Å². The molecule has 0 saturated carbocycles. The first-order valence-electron chi connectivity index (χ1n) is 7.19. The second-order valence-corrected chi connectivity index (χ2v) is 6.02. The third-order valence-corrected chi connectivity index (χ3v) is 3.90. The Morgan fingerprint density at radius 3 is 2.41 bits per heavy atom. The maximum absolute atomic E-state index is 12.8. The van der Waals surface area contributed by atoms with E-state index in [1.165, 1.54) is 13.2 Å². The van der Waals surface area contributed by atoms with Gasteiger partial charge in [-0.3, -0.25) is 0 Å². The summed E-state index contributed by atoms with van der Waals surface area (Å²) >= 11 is 0. The molecule has 1 aromatic rings. The fraction of sp³-hybridized carbons (Fsp3) is 0.625. The fourth-order valence-corrected chi connectivity index (χ4v) is 1.91. The molecule has 6 heteroatoms. The highest BCUT2D eigenvalue weighted by Crippen LogP contribution is 2.31. The summed E-state index contributed by atoms with van der Waals surface area (Å²) in [7, 11) is 1.49. The van der Waals surface area contributed by atoms with Crippen molar-refractivity contribution in [1.82, 2.24) is 5.32 Å². The molecule has 2 N–H and O–H groups in total.